The van der Waals surface area contributed by atoms with Gasteiger partial charge in [-0.3, -0.25) is 0 Å². The Bertz CT molecular complexity index is 717. The first kappa shape index (κ1) is 12.7. The van der Waals surface area contributed by atoms with Gasteiger partial charge in [-0.05, 0) is 35.8 Å². The van der Waals surface area contributed by atoms with Crippen molar-refractivity contribution in [2.45, 2.75) is 6.54 Å². The molecule has 2 N–H and O–H groups in total. The summed E-state index contributed by atoms with van der Waals surface area (Å²) in [5, 5.41) is 9.27. The van der Waals surface area contributed by atoms with E-state index in [1.165, 1.54) is 5.39 Å². The van der Waals surface area contributed by atoms with E-state index in [-0.39, 0.29) is 0 Å². The number of benzene rings is 2. The number of furan rings is 1. The normalized spacial score (nSPS) is 10.4. The standard InChI is InChI=1S/C16H14N2OS/c20-16(17-11-13-7-4-10-19-13)18-15-9-3-6-12-5-1-2-8-14(12)15/h1-10H,11H2,(H2,17,18,20). The number of anilines is 1. The molecule has 4 heteroatoms. The summed E-state index contributed by atoms with van der Waals surface area (Å²) in [5.41, 5.74) is 1.00. The molecule has 0 aliphatic carbocycles. The van der Waals surface area contributed by atoms with Crippen molar-refractivity contribution in [3.8, 4) is 0 Å². The maximum Gasteiger partial charge on any atom is 0.171 e. The van der Waals surface area contributed by atoms with E-state index in [1.807, 2.05) is 36.4 Å². The fraction of sp³-hybridized carbons (Fsp3) is 0.0625. The second kappa shape index (κ2) is 5.75. The van der Waals surface area contributed by atoms with Crippen molar-refractivity contribution in [2.24, 2.45) is 0 Å². The Labute approximate surface area is 122 Å². The van der Waals surface area contributed by atoms with Gasteiger partial charge in [0.2, 0.25) is 0 Å². The van der Waals surface area contributed by atoms with E-state index in [0.717, 1.165) is 16.8 Å². The van der Waals surface area contributed by atoms with E-state index >= 15 is 0 Å². The molecule has 3 rings (SSSR count). The van der Waals surface area contributed by atoms with Gasteiger partial charge in [-0.1, -0.05) is 36.4 Å². The summed E-state index contributed by atoms with van der Waals surface area (Å²) in [6.07, 6.45) is 1.65. The zero-order valence-corrected chi connectivity index (χ0v) is 11.6. The largest absolute Gasteiger partial charge is 0.467 e. The minimum Gasteiger partial charge on any atom is -0.467 e. The maximum atomic E-state index is 5.31. The number of nitrogens with one attached hydrogen (secondary N) is 2. The minimum atomic E-state index is 0.573. The number of fused-ring (bicyclic) bond motifs is 1. The summed E-state index contributed by atoms with van der Waals surface area (Å²) in [6, 6.07) is 18.1. The molecule has 0 bridgehead atoms. The van der Waals surface area contributed by atoms with Gasteiger partial charge in [-0.2, -0.15) is 0 Å². The van der Waals surface area contributed by atoms with Crippen LogP contribution in [0.1, 0.15) is 5.76 Å². The van der Waals surface area contributed by atoms with Gasteiger partial charge >= 0.3 is 0 Å². The molecule has 0 amide bonds. The van der Waals surface area contributed by atoms with Gasteiger partial charge in [0.05, 0.1) is 12.8 Å². The molecule has 0 aliphatic rings. The highest BCUT2D eigenvalue weighted by Crippen LogP contribution is 2.22. The van der Waals surface area contributed by atoms with E-state index in [9.17, 15) is 0 Å². The van der Waals surface area contributed by atoms with Crippen LogP contribution in [0.4, 0.5) is 5.69 Å². The highest BCUT2D eigenvalue weighted by molar-refractivity contribution is 7.80. The Morgan fingerprint density at radius 3 is 2.70 bits per heavy atom. The fourth-order valence-corrected chi connectivity index (χ4v) is 2.26. The Morgan fingerprint density at radius 1 is 1.00 bits per heavy atom. The van der Waals surface area contributed by atoms with E-state index in [4.69, 9.17) is 16.6 Å². The Morgan fingerprint density at radius 2 is 1.85 bits per heavy atom. The molecule has 2 aromatic carbocycles. The van der Waals surface area contributed by atoms with Crippen LogP contribution in [-0.2, 0) is 6.54 Å². The lowest BCUT2D eigenvalue weighted by atomic mass is 10.1. The first-order valence-corrected chi connectivity index (χ1v) is 6.79. The summed E-state index contributed by atoms with van der Waals surface area (Å²) >= 11 is 5.31. The molecule has 0 unspecified atom stereocenters. The third-order valence-electron chi connectivity index (χ3n) is 3.04. The van der Waals surface area contributed by atoms with Crippen molar-refractivity contribution in [3.05, 3.63) is 66.6 Å². The second-order valence-corrected chi connectivity index (χ2v) is 4.82. The highest BCUT2D eigenvalue weighted by Gasteiger charge is 2.03. The van der Waals surface area contributed by atoms with E-state index < -0.39 is 0 Å². The maximum absolute atomic E-state index is 5.31. The third kappa shape index (κ3) is 2.81. The van der Waals surface area contributed by atoms with Crippen LogP contribution in [-0.4, -0.2) is 5.11 Å². The third-order valence-corrected chi connectivity index (χ3v) is 3.29. The molecule has 0 radical (unpaired) electrons. The van der Waals surface area contributed by atoms with Gasteiger partial charge in [0.1, 0.15) is 5.76 Å². The van der Waals surface area contributed by atoms with Crippen molar-refractivity contribution in [1.29, 1.82) is 0 Å². The van der Waals surface area contributed by atoms with Crippen LogP contribution in [0.5, 0.6) is 0 Å². The van der Waals surface area contributed by atoms with Gasteiger partial charge < -0.3 is 15.1 Å². The molecule has 1 heterocycles. The van der Waals surface area contributed by atoms with E-state index in [2.05, 4.69) is 28.8 Å². The first-order valence-electron chi connectivity index (χ1n) is 6.38. The van der Waals surface area contributed by atoms with Crippen LogP contribution in [0.3, 0.4) is 0 Å². The molecule has 20 heavy (non-hydrogen) atoms. The van der Waals surface area contributed by atoms with Crippen LogP contribution in [0.25, 0.3) is 10.8 Å². The molecule has 0 saturated heterocycles. The number of hydrogen-bond donors (Lipinski definition) is 2. The molecule has 1 aromatic heterocycles. The number of thiocarbonyl (C=S) groups is 1. The van der Waals surface area contributed by atoms with Gasteiger partial charge in [0.15, 0.2) is 5.11 Å². The van der Waals surface area contributed by atoms with Crippen LogP contribution in [0.2, 0.25) is 0 Å². The zero-order chi connectivity index (χ0) is 13.8. The van der Waals surface area contributed by atoms with Crippen LogP contribution in [0.15, 0.2) is 65.3 Å². The van der Waals surface area contributed by atoms with Gasteiger partial charge in [0, 0.05) is 11.1 Å². The average molecular weight is 282 g/mol. The van der Waals surface area contributed by atoms with Gasteiger partial charge in [-0.25, -0.2) is 0 Å². The van der Waals surface area contributed by atoms with E-state index in [0.29, 0.717) is 11.7 Å². The highest BCUT2D eigenvalue weighted by atomic mass is 32.1. The van der Waals surface area contributed by atoms with Gasteiger partial charge in [0.25, 0.3) is 0 Å². The molecule has 0 fully saturated rings. The van der Waals surface area contributed by atoms with Crippen LogP contribution < -0.4 is 10.6 Å². The molecule has 0 saturated carbocycles. The molecule has 0 atom stereocenters. The molecule has 3 aromatic rings. The summed E-state index contributed by atoms with van der Waals surface area (Å²) < 4.78 is 5.25. The second-order valence-electron chi connectivity index (χ2n) is 4.41. The summed E-state index contributed by atoms with van der Waals surface area (Å²) in [5.74, 6) is 0.854. The molecule has 3 nitrogen and oxygen atoms in total. The molecule has 100 valence electrons. The van der Waals surface area contributed by atoms with Crippen molar-refractivity contribution in [1.82, 2.24) is 5.32 Å². The first-order chi connectivity index (χ1) is 9.83. The lowest BCUT2D eigenvalue weighted by Crippen LogP contribution is -2.27. The van der Waals surface area contributed by atoms with Crippen molar-refractivity contribution in [3.63, 3.8) is 0 Å². The minimum absolute atomic E-state index is 0.573. The molecule has 0 spiro atoms. The van der Waals surface area contributed by atoms with Crippen molar-refractivity contribution >= 4 is 33.8 Å². The van der Waals surface area contributed by atoms with Crippen molar-refractivity contribution < 1.29 is 4.42 Å². The smallest absolute Gasteiger partial charge is 0.171 e. The SMILES string of the molecule is S=C(NCc1ccco1)Nc1cccc2ccccc12. The Kier molecular flexibility index (Phi) is 3.65. The Balaban J connectivity index is 1.71. The molecular weight excluding hydrogens is 268 g/mol. The number of hydrogen-bond acceptors (Lipinski definition) is 2. The predicted molar refractivity (Wildman–Crippen MR) is 85.7 cm³/mol. The summed E-state index contributed by atoms with van der Waals surface area (Å²) in [7, 11) is 0. The average Bonchev–Trinajstić information content (AvgIpc) is 2.99. The lowest BCUT2D eigenvalue weighted by Gasteiger charge is -2.11. The summed E-state index contributed by atoms with van der Waals surface area (Å²) in [4.78, 5) is 0. The van der Waals surface area contributed by atoms with Crippen LogP contribution >= 0.6 is 12.2 Å². The zero-order valence-electron chi connectivity index (χ0n) is 10.8. The molecular formula is C16H14N2OS. The topological polar surface area (TPSA) is 37.2 Å². The lowest BCUT2D eigenvalue weighted by molar-refractivity contribution is 0.503. The monoisotopic (exact) mass is 282 g/mol. The quantitative estimate of drug-likeness (QED) is 0.714. The predicted octanol–water partition coefficient (Wildman–Crippen LogP) is 3.92. The summed E-state index contributed by atoms with van der Waals surface area (Å²) in [6.45, 7) is 0.573. The van der Waals surface area contributed by atoms with Crippen LogP contribution in [0, 0.1) is 0 Å². The Hall–Kier alpha value is -2.33. The molecule has 0 aliphatic heterocycles. The van der Waals surface area contributed by atoms with Gasteiger partial charge in [-0.15, -0.1) is 0 Å². The fourth-order valence-electron chi connectivity index (χ4n) is 2.08. The van der Waals surface area contributed by atoms with E-state index in [1.54, 1.807) is 6.26 Å². The number of rotatable bonds is 3. The van der Waals surface area contributed by atoms with Crippen molar-refractivity contribution in [2.75, 3.05) is 5.32 Å².